The molecule has 2 atom stereocenters. The number of hydrogen-bond acceptors (Lipinski definition) is 6. The molecule has 1 N–H and O–H groups in total. The second kappa shape index (κ2) is 7.64. The van der Waals surface area contributed by atoms with Gasteiger partial charge in [0.25, 0.3) is 0 Å². The van der Waals surface area contributed by atoms with Gasteiger partial charge in [0, 0.05) is 32.4 Å². The van der Waals surface area contributed by atoms with Crippen LogP contribution in [-0.4, -0.2) is 61.0 Å². The Balaban J connectivity index is 1.61. The van der Waals surface area contributed by atoms with Crippen molar-refractivity contribution in [1.29, 1.82) is 0 Å². The molecule has 2 aromatic heterocycles. The van der Waals surface area contributed by atoms with E-state index in [0.717, 1.165) is 23.3 Å². The fourth-order valence-corrected chi connectivity index (χ4v) is 5.41. The topological polar surface area (TPSA) is 91.4 Å². The molecule has 1 aliphatic heterocycles. The van der Waals surface area contributed by atoms with Crippen LogP contribution in [0.4, 0.5) is 5.82 Å². The van der Waals surface area contributed by atoms with Crippen molar-refractivity contribution in [3.63, 3.8) is 0 Å². The Morgan fingerprint density at radius 2 is 1.97 bits per heavy atom. The zero-order chi connectivity index (χ0) is 20.6. The summed E-state index contributed by atoms with van der Waals surface area (Å²) in [6.45, 7) is 3.07. The molecule has 0 bridgehead atoms. The lowest BCUT2D eigenvalue weighted by atomic mass is 9.93. The first-order valence-corrected chi connectivity index (χ1v) is 11.0. The number of benzene rings is 1. The largest absolute Gasteiger partial charge is 0.497 e. The normalized spacial score (nSPS) is 20.7. The van der Waals surface area contributed by atoms with Crippen molar-refractivity contribution < 1.29 is 13.2 Å². The third-order valence-electron chi connectivity index (χ3n) is 5.74. The summed E-state index contributed by atoms with van der Waals surface area (Å²) in [4.78, 5) is 14.2. The highest BCUT2D eigenvalue weighted by Crippen LogP contribution is 2.31. The van der Waals surface area contributed by atoms with Crippen LogP contribution >= 0.6 is 0 Å². The van der Waals surface area contributed by atoms with Crippen molar-refractivity contribution in [2.45, 2.75) is 24.3 Å². The summed E-state index contributed by atoms with van der Waals surface area (Å²) in [5.41, 5.74) is 0.771. The highest BCUT2D eigenvalue weighted by molar-refractivity contribution is 7.89. The van der Waals surface area contributed by atoms with Gasteiger partial charge in [0.1, 0.15) is 23.5 Å². The SMILES string of the molecule is COc1ccc(S(=O)(=O)N2CCC(C)C(N(C)c3ncnc4[nH]ccc34)C2)cc1. The van der Waals surface area contributed by atoms with Crippen LogP contribution in [0.2, 0.25) is 0 Å². The van der Waals surface area contributed by atoms with Crippen molar-refractivity contribution in [2.24, 2.45) is 5.92 Å². The maximum atomic E-state index is 13.2. The van der Waals surface area contributed by atoms with Crippen molar-refractivity contribution in [1.82, 2.24) is 19.3 Å². The smallest absolute Gasteiger partial charge is 0.243 e. The number of fused-ring (bicyclic) bond motifs is 1. The number of nitrogens with one attached hydrogen (secondary N) is 1. The standard InChI is InChI=1S/C20H25N5O3S/c1-14-9-11-25(29(26,27)16-6-4-15(28-3)5-7-16)12-18(14)24(2)20-17-8-10-21-19(17)22-13-23-20/h4-8,10,13-14,18H,9,11-12H2,1-3H3,(H,21,22,23). The summed E-state index contributed by atoms with van der Waals surface area (Å²) in [6, 6.07) is 8.49. The summed E-state index contributed by atoms with van der Waals surface area (Å²) >= 11 is 0. The molecule has 1 saturated heterocycles. The fraction of sp³-hybridized carbons (Fsp3) is 0.400. The monoisotopic (exact) mass is 415 g/mol. The molecule has 3 aromatic rings. The van der Waals surface area contributed by atoms with Crippen LogP contribution in [0.3, 0.4) is 0 Å². The summed E-state index contributed by atoms with van der Waals surface area (Å²) in [6.07, 6.45) is 4.15. The maximum Gasteiger partial charge on any atom is 0.243 e. The molecule has 9 heteroatoms. The Hall–Kier alpha value is -2.65. The first-order chi connectivity index (χ1) is 13.9. The molecule has 0 aliphatic carbocycles. The first-order valence-electron chi connectivity index (χ1n) is 9.57. The number of aromatic amines is 1. The lowest BCUT2D eigenvalue weighted by molar-refractivity contribution is 0.247. The number of hydrogen-bond donors (Lipinski definition) is 1. The Morgan fingerprint density at radius 3 is 2.69 bits per heavy atom. The van der Waals surface area contributed by atoms with Gasteiger partial charge in [-0.1, -0.05) is 6.92 Å². The van der Waals surface area contributed by atoms with E-state index in [4.69, 9.17) is 4.74 Å². The van der Waals surface area contributed by atoms with Gasteiger partial charge < -0.3 is 14.6 Å². The number of aromatic nitrogens is 3. The number of likely N-dealkylation sites (N-methyl/N-ethyl adjacent to an activating group) is 1. The molecule has 0 amide bonds. The van der Waals surface area contributed by atoms with E-state index in [1.807, 2.05) is 19.3 Å². The second-order valence-corrected chi connectivity index (χ2v) is 9.36. The van der Waals surface area contributed by atoms with E-state index in [9.17, 15) is 8.42 Å². The minimum Gasteiger partial charge on any atom is -0.497 e. The Labute approximate surface area is 170 Å². The van der Waals surface area contributed by atoms with Gasteiger partial charge in [0.15, 0.2) is 0 Å². The fourth-order valence-electron chi connectivity index (χ4n) is 3.94. The van der Waals surface area contributed by atoms with Gasteiger partial charge in [0.2, 0.25) is 10.0 Å². The maximum absolute atomic E-state index is 13.2. The van der Waals surface area contributed by atoms with Crippen molar-refractivity contribution in [3.8, 4) is 5.75 Å². The van der Waals surface area contributed by atoms with E-state index in [2.05, 4.69) is 26.8 Å². The third kappa shape index (κ3) is 3.56. The van der Waals surface area contributed by atoms with Gasteiger partial charge in [-0.15, -0.1) is 0 Å². The molecule has 4 rings (SSSR count). The van der Waals surface area contributed by atoms with Crippen molar-refractivity contribution in [3.05, 3.63) is 42.9 Å². The number of nitrogens with zero attached hydrogens (tertiary/aromatic N) is 4. The van der Waals surface area contributed by atoms with Gasteiger partial charge in [0.05, 0.1) is 17.4 Å². The van der Waals surface area contributed by atoms with Crippen LogP contribution in [-0.2, 0) is 10.0 Å². The molecular weight excluding hydrogens is 390 g/mol. The van der Waals surface area contributed by atoms with E-state index >= 15 is 0 Å². The van der Waals surface area contributed by atoms with Crippen LogP contribution in [0, 0.1) is 5.92 Å². The van der Waals surface area contributed by atoms with Gasteiger partial charge >= 0.3 is 0 Å². The van der Waals surface area contributed by atoms with Crippen molar-refractivity contribution >= 4 is 26.9 Å². The quantitative estimate of drug-likeness (QED) is 0.688. The molecule has 1 fully saturated rings. The predicted octanol–water partition coefficient (Wildman–Crippen LogP) is 2.50. The Kier molecular flexibility index (Phi) is 5.18. The number of H-pyrrole nitrogens is 1. The minimum atomic E-state index is -3.58. The molecular formula is C20H25N5O3S. The average molecular weight is 416 g/mol. The molecule has 2 unspecified atom stereocenters. The van der Waals surface area contributed by atoms with Crippen LogP contribution in [0.1, 0.15) is 13.3 Å². The summed E-state index contributed by atoms with van der Waals surface area (Å²) < 4.78 is 33.1. The third-order valence-corrected chi connectivity index (χ3v) is 7.62. The van der Waals surface area contributed by atoms with E-state index in [1.54, 1.807) is 35.7 Å². The number of rotatable bonds is 5. The number of ether oxygens (including phenoxy) is 1. The molecule has 1 aromatic carbocycles. The number of sulfonamides is 1. The lowest BCUT2D eigenvalue weighted by Crippen LogP contribution is -2.52. The van der Waals surface area contributed by atoms with Crippen LogP contribution < -0.4 is 9.64 Å². The van der Waals surface area contributed by atoms with Crippen LogP contribution in [0.15, 0.2) is 47.8 Å². The lowest BCUT2D eigenvalue weighted by Gasteiger charge is -2.41. The zero-order valence-electron chi connectivity index (χ0n) is 16.7. The van der Waals surface area contributed by atoms with E-state index in [1.165, 1.54) is 6.33 Å². The van der Waals surface area contributed by atoms with E-state index in [0.29, 0.717) is 24.8 Å². The van der Waals surface area contributed by atoms with Gasteiger partial charge in [-0.05, 0) is 42.7 Å². The van der Waals surface area contributed by atoms with Crippen molar-refractivity contribution in [2.75, 3.05) is 32.1 Å². The van der Waals surface area contributed by atoms with Crippen LogP contribution in [0.5, 0.6) is 5.75 Å². The molecule has 1 aliphatic rings. The van der Waals surface area contributed by atoms with E-state index in [-0.39, 0.29) is 10.9 Å². The molecule has 154 valence electrons. The molecule has 29 heavy (non-hydrogen) atoms. The average Bonchev–Trinajstić information content (AvgIpc) is 3.22. The molecule has 0 radical (unpaired) electrons. The zero-order valence-corrected chi connectivity index (χ0v) is 17.6. The van der Waals surface area contributed by atoms with Gasteiger partial charge in [-0.2, -0.15) is 4.31 Å². The molecule has 3 heterocycles. The highest BCUT2D eigenvalue weighted by Gasteiger charge is 2.36. The summed E-state index contributed by atoms with van der Waals surface area (Å²) in [5, 5.41) is 0.928. The first kappa shape index (κ1) is 19.7. The summed E-state index contributed by atoms with van der Waals surface area (Å²) in [5.74, 6) is 1.76. The Bertz CT molecular complexity index is 1100. The Morgan fingerprint density at radius 1 is 1.21 bits per heavy atom. The summed E-state index contributed by atoms with van der Waals surface area (Å²) in [7, 11) is -0.0468. The molecule has 8 nitrogen and oxygen atoms in total. The van der Waals surface area contributed by atoms with Gasteiger partial charge in [-0.25, -0.2) is 18.4 Å². The molecule has 0 saturated carbocycles. The molecule has 0 spiro atoms. The highest BCUT2D eigenvalue weighted by atomic mass is 32.2. The van der Waals surface area contributed by atoms with Crippen LogP contribution in [0.25, 0.3) is 11.0 Å². The number of methoxy groups -OCH3 is 1. The minimum absolute atomic E-state index is 0.00442. The second-order valence-electron chi connectivity index (χ2n) is 7.42. The number of piperidine rings is 1. The van der Waals surface area contributed by atoms with Gasteiger partial charge in [-0.3, -0.25) is 0 Å². The number of anilines is 1. The predicted molar refractivity (Wildman–Crippen MR) is 112 cm³/mol. The van der Waals surface area contributed by atoms with E-state index < -0.39 is 10.0 Å².